The minimum atomic E-state index is -0.754. The summed E-state index contributed by atoms with van der Waals surface area (Å²) in [5.74, 6) is 3.77. The Hall–Kier alpha value is -3.28. The molecule has 9 heteroatoms. The molecule has 1 amide bonds. The van der Waals surface area contributed by atoms with Gasteiger partial charge in [-0.05, 0) is 43.0 Å². The maximum atomic E-state index is 14.5. The molecule has 1 aliphatic heterocycles. The minimum absolute atomic E-state index is 0.148. The molecule has 3 aromatic rings. The quantitative estimate of drug-likeness (QED) is 0.595. The molecule has 164 valence electrons. The molecule has 0 spiro atoms. The lowest BCUT2D eigenvalue weighted by Gasteiger charge is -2.22. The number of anilines is 1. The Morgan fingerprint density at radius 3 is 2.72 bits per heavy atom. The summed E-state index contributed by atoms with van der Waals surface area (Å²) in [6.07, 6.45) is 4.45. The van der Waals surface area contributed by atoms with Gasteiger partial charge in [0, 0.05) is 37.1 Å². The topological polar surface area (TPSA) is 69.0 Å². The number of nitrogens with one attached hydrogen (secondary N) is 1. The maximum Gasteiger partial charge on any atom is 0.276 e. The summed E-state index contributed by atoms with van der Waals surface area (Å²) in [4.78, 5) is 16.7. The van der Waals surface area contributed by atoms with Crippen molar-refractivity contribution in [1.29, 1.82) is 0 Å². The third-order valence-corrected chi connectivity index (χ3v) is 5.31. The highest BCUT2D eigenvalue weighted by Crippen LogP contribution is 2.22. The molecule has 32 heavy (non-hydrogen) atoms. The minimum Gasteiger partial charge on any atom is -0.381 e. The first-order valence-electron chi connectivity index (χ1n) is 10.0. The van der Waals surface area contributed by atoms with Crippen molar-refractivity contribution >= 4 is 23.3 Å². The molecule has 0 bridgehead atoms. The van der Waals surface area contributed by atoms with Gasteiger partial charge < -0.3 is 10.1 Å². The van der Waals surface area contributed by atoms with E-state index in [0.717, 1.165) is 18.9 Å². The van der Waals surface area contributed by atoms with E-state index in [1.807, 2.05) is 0 Å². The number of nitrogens with zero attached hydrogens (tertiary/aromatic N) is 3. The first-order chi connectivity index (χ1) is 15.5. The summed E-state index contributed by atoms with van der Waals surface area (Å²) < 4.78 is 34.7. The second-order valence-electron chi connectivity index (χ2n) is 7.35. The van der Waals surface area contributed by atoms with Crippen LogP contribution in [0.1, 0.15) is 34.5 Å². The van der Waals surface area contributed by atoms with Gasteiger partial charge in [0.25, 0.3) is 5.91 Å². The molecular formula is C23H19ClF2N4O2. The van der Waals surface area contributed by atoms with Crippen LogP contribution >= 0.6 is 11.6 Å². The first kappa shape index (κ1) is 21.9. The fraction of sp³-hybridized carbons (Fsp3) is 0.261. The smallest absolute Gasteiger partial charge is 0.276 e. The fourth-order valence-electron chi connectivity index (χ4n) is 3.38. The molecule has 4 rings (SSSR count). The number of pyridine rings is 1. The Morgan fingerprint density at radius 2 is 1.97 bits per heavy atom. The van der Waals surface area contributed by atoms with Gasteiger partial charge >= 0.3 is 0 Å². The second-order valence-corrected chi connectivity index (χ2v) is 7.76. The van der Waals surface area contributed by atoms with Gasteiger partial charge in [0.2, 0.25) is 0 Å². The molecule has 3 heterocycles. The van der Waals surface area contributed by atoms with Gasteiger partial charge in [0.15, 0.2) is 11.6 Å². The molecule has 0 unspecified atom stereocenters. The number of hydrogen-bond donors (Lipinski definition) is 1. The molecule has 1 aliphatic rings. The van der Waals surface area contributed by atoms with Crippen molar-refractivity contribution in [3.05, 3.63) is 76.2 Å². The zero-order valence-corrected chi connectivity index (χ0v) is 17.7. The van der Waals surface area contributed by atoms with Crippen LogP contribution in [0.5, 0.6) is 0 Å². The molecule has 0 atom stereocenters. The molecule has 0 saturated carbocycles. The highest BCUT2D eigenvalue weighted by atomic mass is 35.5. The zero-order chi connectivity index (χ0) is 22.5. The van der Waals surface area contributed by atoms with Crippen molar-refractivity contribution in [3.63, 3.8) is 0 Å². The van der Waals surface area contributed by atoms with E-state index in [2.05, 4.69) is 27.2 Å². The summed E-state index contributed by atoms with van der Waals surface area (Å²) in [6, 6.07) is 6.91. The lowest BCUT2D eigenvalue weighted by molar-refractivity contribution is 0.0598. The van der Waals surface area contributed by atoms with Crippen LogP contribution < -0.4 is 5.32 Å². The van der Waals surface area contributed by atoms with Gasteiger partial charge in [0.05, 0.1) is 11.2 Å². The van der Waals surface area contributed by atoms with Crippen LogP contribution in [0.4, 0.5) is 14.6 Å². The average molecular weight is 457 g/mol. The summed E-state index contributed by atoms with van der Waals surface area (Å²) in [5.41, 5.74) is 0.886. The molecule has 1 aromatic carbocycles. The molecule has 1 N–H and O–H groups in total. The molecule has 1 saturated heterocycles. The van der Waals surface area contributed by atoms with Crippen LogP contribution in [0.15, 0.2) is 42.7 Å². The summed E-state index contributed by atoms with van der Waals surface area (Å²) in [6.45, 7) is 1.86. The van der Waals surface area contributed by atoms with Crippen molar-refractivity contribution < 1.29 is 18.3 Å². The predicted molar refractivity (Wildman–Crippen MR) is 115 cm³/mol. The van der Waals surface area contributed by atoms with Crippen LogP contribution in [-0.4, -0.2) is 33.9 Å². The summed E-state index contributed by atoms with van der Waals surface area (Å²) >= 11 is 6.17. The van der Waals surface area contributed by atoms with Crippen LogP contribution in [0.3, 0.4) is 0 Å². The van der Waals surface area contributed by atoms with E-state index in [0.29, 0.717) is 31.2 Å². The largest absolute Gasteiger partial charge is 0.381 e. The van der Waals surface area contributed by atoms with Crippen molar-refractivity contribution in [2.24, 2.45) is 5.92 Å². The number of benzene rings is 1. The Bertz CT molecular complexity index is 1200. The van der Waals surface area contributed by atoms with E-state index in [-0.39, 0.29) is 22.1 Å². The average Bonchev–Trinajstić information content (AvgIpc) is 3.14. The Balaban J connectivity index is 1.48. The molecule has 2 aromatic heterocycles. The van der Waals surface area contributed by atoms with Gasteiger partial charge in [0.1, 0.15) is 11.5 Å². The van der Waals surface area contributed by atoms with E-state index < -0.39 is 17.5 Å². The van der Waals surface area contributed by atoms with E-state index in [1.165, 1.54) is 35.3 Å². The standard InChI is InChI=1S/C23H19ClF2N4O2/c24-19-13-28-30(14-16-6-8-32-9-7-16)21(19)23(31)29-22-20(26)11-17(12-27-22)5-4-15-2-1-3-18(25)10-15/h1-3,10-13,16H,6-9,14H2,(H,27,29,31). The first-order valence-corrected chi connectivity index (χ1v) is 10.4. The van der Waals surface area contributed by atoms with E-state index in [1.54, 1.807) is 6.07 Å². The third-order valence-electron chi connectivity index (χ3n) is 5.03. The molecule has 0 radical (unpaired) electrons. The number of carbonyl (C=O) groups excluding carboxylic acids is 1. The zero-order valence-electron chi connectivity index (χ0n) is 16.9. The van der Waals surface area contributed by atoms with Gasteiger partial charge in [-0.2, -0.15) is 5.10 Å². The van der Waals surface area contributed by atoms with Crippen molar-refractivity contribution in [2.75, 3.05) is 18.5 Å². The van der Waals surface area contributed by atoms with E-state index in [9.17, 15) is 13.6 Å². The Morgan fingerprint density at radius 1 is 1.19 bits per heavy atom. The molecule has 0 aliphatic carbocycles. The highest BCUT2D eigenvalue weighted by Gasteiger charge is 2.23. The van der Waals surface area contributed by atoms with Crippen LogP contribution in [-0.2, 0) is 11.3 Å². The summed E-state index contributed by atoms with van der Waals surface area (Å²) in [7, 11) is 0. The third kappa shape index (κ3) is 5.31. The SMILES string of the molecule is O=C(Nc1ncc(C#Cc2cccc(F)c2)cc1F)c1c(Cl)cnn1CC1CCOCC1. The van der Waals surface area contributed by atoms with Crippen molar-refractivity contribution in [1.82, 2.24) is 14.8 Å². The normalized spacial score (nSPS) is 14.0. The lowest BCUT2D eigenvalue weighted by Crippen LogP contribution is -2.25. The summed E-state index contributed by atoms with van der Waals surface area (Å²) in [5, 5.41) is 6.81. The fourth-order valence-corrected chi connectivity index (χ4v) is 3.60. The predicted octanol–water partition coefficient (Wildman–Crippen LogP) is 4.29. The van der Waals surface area contributed by atoms with Gasteiger partial charge in [-0.1, -0.05) is 29.5 Å². The molecule has 1 fully saturated rings. The van der Waals surface area contributed by atoms with E-state index >= 15 is 0 Å². The van der Waals surface area contributed by atoms with E-state index in [4.69, 9.17) is 16.3 Å². The number of halogens is 3. The Labute approximate surface area is 188 Å². The van der Waals surface area contributed by atoms with Crippen molar-refractivity contribution in [2.45, 2.75) is 19.4 Å². The highest BCUT2D eigenvalue weighted by molar-refractivity contribution is 6.34. The number of rotatable bonds is 4. The second kappa shape index (κ2) is 9.90. The van der Waals surface area contributed by atoms with Crippen LogP contribution in [0.25, 0.3) is 0 Å². The van der Waals surface area contributed by atoms with Gasteiger partial charge in [-0.15, -0.1) is 0 Å². The lowest BCUT2D eigenvalue weighted by atomic mass is 10.0. The number of amides is 1. The van der Waals surface area contributed by atoms with Crippen molar-refractivity contribution in [3.8, 4) is 11.8 Å². The number of hydrogen-bond acceptors (Lipinski definition) is 4. The molecular weight excluding hydrogens is 438 g/mol. The number of ether oxygens (including phenoxy) is 1. The monoisotopic (exact) mass is 456 g/mol. The van der Waals surface area contributed by atoms with Gasteiger partial charge in [-0.25, -0.2) is 13.8 Å². The van der Waals surface area contributed by atoms with Gasteiger partial charge in [-0.3, -0.25) is 9.48 Å². The number of aromatic nitrogens is 3. The number of carbonyl (C=O) groups is 1. The van der Waals surface area contributed by atoms with Crippen LogP contribution in [0.2, 0.25) is 5.02 Å². The molecule has 6 nitrogen and oxygen atoms in total. The Kier molecular flexibility index (Phi) is 6.78. The van der Waals surface area contributed by atoms with Crippen LogP contribution in [0, 0.1) is 29.4 Å². The maximum absolute atomic E-state index is 14.5.